The summed E-state index contributed by atoms with van der Waals surface area (Å²) in [7, 11) is 0. The van der Waals surface area contributed by atoms with Crippen LogP contribution in [0.25, 0.3) is 22.3 Å². The largest absolute Gasteiger partial charge is 0.311 e. The molecule has 0 fully saturated rings. The molecule has 102 heavy (non-hydrogen) atoms. The Balaban J connectivity index is 0.896. The normalized spacial score (nSPS) is 12.8. The molecule has 15 rings (SSSR count). The van der Waals surface area contributed by atoms with Gasteiger partial charge >= 0.3 is 0 Å². The summed E-state index contributed by atoms with van der Waals surface area (Å²) in [4.78, 5) is 9.46. The number of para-hydroxylation sites is 6. The van der Waals surface area contributed by atoms with Crippen LogP contribution < -0.4 is 19.6 Å². The van der Waals surface area contributed by atoms with E-state index < -0.39 is 5.41 Å². The van der Waals surface area contributed by atoms with Crippen LogP contribution in [0, 0.1) is 0 Å². The molecule has 13 aromatic carbocycles. The SMILES string of the molecule is CCCCCCCCC1(CCCCCCCC)c2cc(Br)ccc2-c2cc3c(cc21)-c1ccc(Br)cc1C3(c1ccc(N(c2ccccc2)c2ccc(N(c3ccccc3)c3ccccc3)cc2)cc1)c1ccc(N(c2ccccc2)c2ccc(N(c3ccccc3)c3ccccc3)cc2)cc1. The van der Waals surface area contributed by atoms with E-state index in [4.69, 9.17) is 0 Å². The lowest BCUT2D eigenvalue weighted by molar-refractivity contribution is 0.398. The zero-order chi connectivity index (χ0) is 69.2. The summed E-state index contributed by atoms with van der Waals surface area (Å²) in [6.45, 7) is 4.66. The van der Waals surface area contributed by atoms with Crippen LogP contribution in [-0.2, 0) is 10.8 Å². The zero-order valence-electron chi connectivity index (χ0n) is 58.6. The van der Waals surface area contributed by atoms with Crippen molar-refractivity contribution in [2.45, 2.75) is 115 Å². The number of halogens is 2. The predicted molar refractivity (Wildman–Crippen MR) is 440 cm³/mol. The number of anilines is 12. The van der Waals surface area contributed by atoms with Crippen molar-refractivity contribution in [3.8, 4) is 22.3 Å². The van der Waals surface area contributed by atoms with Crippen molar-refractivity contribution in [3.63, 3.8) is 0 Å². The molecule has 506 valence electrons. The Hall–Kier alpha value is -9.98. The molecular weight excluding hydrogens is 1370 g/mol. The maximum atomic E-state index is 4.13. The summed E-state index contributed by atoms with van der Waals surface area (Å²) >= 11 is 8.20. The predicted octanol–water partition coefficient (Wildman–Crippen LogP) is 29.2. The molecule has 0 radical (unpaired) electrons. The Labute approximate surface area is 621 Å². The van der Waals surface area contributed by atoms with E-state index >= 15 is 0 Å². The van der Waals surface area contributed by atoms with Crippen molar-refractivity contribution < 1.29 is 0 Å². The van der Waals surface area contributed by atoms with Gasteiger partial charge in [0.1, 0.15) is 0 Å². The molecule has 2 aliphatic carbocycles. The van der Waals surface area contributed by atoms with Gasteiger partial charge in [0.15, 0.2) is 0 Å². The standard InChI is InChI=1S/C96H88Br2N4/c1-3-5-7-9-11-31-65-95(66-32-12-10-8-6-4-2)91-67-73(97)49-63-87(91)89-70-94-90(69-92(89)95)88-64-50-74(98)68-93(88)96(94,71-45-51-81(52-46-71)101(79-41-27-17-28-42-79)85-59-55-83(56-60-85)99(75-33-19-13-20-34-75)76-35-21-14-22-36-76)72-47-53-82(54-48-72)102(80-43-29-18-30-44-80)86-61-57-84(58-62-86)100(77-37-23-15-24-38-77)78-39-25-16-26-40-78/h13-30,33-64,67-70H,3-12,31-32,65-66H2,1-2H3. The molecule has 0 bridgehead atoms. The monoisotopic (exact) mass is 1450 g/mol. The van der Waals surface area contributed by atoms with Crippen LogP contribution in [0.3, 0.4) is 0 Å². The minimum absolute atomic E-state index is 0.121. The molecule has 6 heteroatoms. The first-order valence-electron chi connectivity index (χ1n) is 37.1. The van der Waals surface area contributed by atoms with Gasteiger partial charge in [0, 0.05) is 82.6 Å². The molecule has 0 amide bonds. The van der Waals surface area contributed by atoms with Crippen molar-refractivity contribution in [2.75, 3.05) is 19.6 Å². The van der Waals surface area contributed by atoms with Crippen LogP contribution in [0.2, 0.25) is 0 Å². The topological polar surface area (TPSA) is 13.0 Å². The Bertz CT molecular complexity index is 4590. The number of hydrogen-bond donors (Lipinski definition) is 0. The molecule has 0 unspecified atom stereocenters. The second kappa shape index (κ2) is 31.1. The third-order valence-corrected chi connectivity index (χ3v) is 22.4. The van der Waals surface area contributed by atoms with E-state index in [9.17, 15) is 0 Å². The highest BCUT2D eigenvalue weighted by Gasteiger charge is 2.50. The molecule has 13 aromatic rings. The minimum Gasteiger partial charge on any atom is -0.311 e. The zero-order valence-corrected chi connectivity index (χ0v) is 61.8. The fourth-order valence-electron chi connectivity index (χ4n) is 16.6. The van der Waals surface area contributed by atoms with Crippen molar-refractivity contribution >= 4 is 100 Å². The smallest absolute Gasteiger partial charge is 0.0714 e. The lowest BCUT2D eigenvalue weighted by atomic mass is 9.66. The van der Waals surface area contributed by atoms with Gasteiger partial charge in [0.2, 0.25) is 0 Å². The van der Waals surface area contributed by atoms with E-state index in [1.165, 1.54) is 133 Å². The van der Waals surface area contributed by atoms with Gasteiger partial charge in [-0.2, -0.15) is 0 Å². The van der Waals surface area contributed by atoms with Crippen LogP contribution >= 0.6 is 31.9 Å². The van der Waals surface area contributed by atoms with Crippen molar-refractivity contribution in [1.29, 1.82) is 0 Å². The van der Waals surface area contributed by atoms with E-state index in [2.05, 4.69) is 393 Å². The second-order valence-electron chi connectivity index (χ2n) is 27.7. The van der Waals surface area contributed by atoms with E-state index in [0.29, 0.717) is 0 Å². The fraction of sp³-hybridized carbons (Fsp3) is 0.188. The first kappa shape index (κ1) is 67.8. The van der Waals surface area contributed by atoms with Gasteiger partial charge in [0.05, 0.1) is 5.41 Å². The van der Waals surface area contributed by atoms with Crippen molar-refractivity contribution in [1.82, 2.24) is 0 Å². The highest BCUT2D eigenvalue weighted by Crippen LogP contribution is 2.63. The molecular formula is C96H88Br2N4. The van der Waals surface area contributed by atoms with Crippen molar-refractivity contribution in [2.24, 2.45) is 0 Å². The van der Waals surface area contributed by atoms with E-state index in [1.807, 2.05) is 0 Å². The van der Waals surface area contributed by atoms with Gasteiger partial charge in [0.25, 0.3) is 0 Å². The Morgan fingerprint density at radius 1 is 0.225 bits per heavy atom. The fourth-order valence-corrected chi connectivity index (χ4v) is 17.3. The molecule has 4 nitrogen and oxygen atoms in total. The first-order valence-corrected chi connectivity index (χ1v) is 38.6. The maximum absolute atomic E-state index is 4.13. The molecule has 0 aromatic heterocycles. The number of rotatable bonds is 28. The van der Waals surface area contributed by atoms with Crippen LogP contribution in [-0.4, -0.2) is 0 Å². The molecule has 0 N–H and O–H groups in total. The van der Waals surface area contributed by atoms with E-state index in [1.54, 1.807) is 0 Å². The molecule has 0 atom stereocenters. The van der Waals surface area contributed by atoms with Crippen molar-refractivity contribution in [3.05, 3.63) is 370 Å². The third-order valence-electron chi connectivity index (χ3n) is 21.4. The number of unbranched alkanes of at least 4 members (excludes halogenated alkanes) is 10. The highest BCUT2D eigenvalue weighted by molar-refractivity contribution is 9.10. The average Bonchev–Trinajstić information content (AvgIpc) is 1.51. The van der Waals surface area contributed by atoms with Gasteiger partial charge < -0.3 is 19.6 Å². The molecule has 0 aliphatic heterocycles. The van der Waals surface area contributed by atoms with Crippen LogP contribution in [0.5, 0.6) is 0 Å². The van der Waals surface area contributed by atoms with Gasteiger partial charge in [-0.15, -0.1) is 0 Å². The molecule has 0 saturated carbocycles. The van der Waals surface area contributed by atoms with Crippen LogP contribution in [0.1, 0.15) is 137 Å². The average molecular weight is 1460 g/mol. The second-order valence-corrected chi connectivity index (χ2v) is 29.5. The van der Waals surface area contributed by atoms with E-state index in [0.717, 1.165) is 90.0 Å². The summed E-state index contributed by atoms with van der Waals surface area (Å²) in [5.74, 6) is 0. The summed E-state index contributed by atoms with van der Waals surface area (Å²) in [5, 5.41) is 0. The Morgan fingerprint density at radius 2 is 0.461 bits per heavy atom. The third kappa shape index (κ3) is 13.5. The first-order chi connectivity index (χ1) is 50.3. The Kier molecular flexibility index (Phi) is 20.7. The maximum Gasteiger partial charge on any atom is 0.0714 e. The summed E-state index contributed by atoms with van der Waals surface area (Å²) in [6, 6.07) is 121. The summed E-state index contributed by atoms with van der Waals surface area (Å²) < 4.78 is 2.22. The summed E-state index contributed by atoms with van der Waals surface area (Å²) in [5.41, 5.74) is 25.5. The quantitative estimate of drug-likeness (QED) is 0.0453. The van der Waals surface area contributed by atoms with Gasteiger partial charge in [-0.25, -0.2) is 0 Å². The van der Waals surface area contributed by atoms with Gasteiger partial charge in [-0.3, -0.25) is 0 Å². The Morgan fingerprint density at radius 3 is 0.784 bits per heavy atom. The minimum atomic E-state index is -0.755. The molecule has 0 spiro atoms. The lowest BCUT2D eigenvalue weighted by Crippen LogP contribution is -2.29. The number of fused-ring (bicyclic) bond motifs is 6. The molecule has 2 aliphatic rings. The molecule has 0 saturated heterocycles. The van der Waals surface area contributed by atoms with Gasteiger partial charge in [-0.1, -0.05) is 268 Å². The van der Waals surface area contributed by atoms with E-state index in [-0.39, 0.29) is 5.41 Å². The summed E-state index contributed by atoms with van der Waals surface area (Å²) in [6.07, 6.45) is 17.6. The highest BCUT2D eigenvalue weighted by atomic mass is 79.9. The lowest BCUT2D eigenvalue weighted by Gasteiger charge is -2.36. The number of benzene rings is 13. The molecule has 0 heterocycles. The van der Waals surface area contributed by atoms with Crippen LogP contribution in [0.15, 0.2) is 337 Å². The van der Waals surface area contributed by atoms with Crippen LogP contribution in [0.4, 0.5) is 68.2 Å². The number of hydrogen-bond acceptors (Lipinski definition) is 4. The number of nitrogens with zero attached hydrogens (tertiary/aromatic N) is 4. The van der Waals surface area contributed by atoms with Gasteiger partial charge in [-0.05, 0) is 250 Å².